The molecule has 0 unspecified atom stereocenters. The Balaban J connectivity index is 0. The number of unbranched alkanes of at least 4 members (excludes halogenated alkanes) is 16. The fraction of sp³-hybridized carbons (Fsp3) is 1.00. The lowest BCUT2D eigenvalue weighted by molar-refractivity contribution is -0.907. The summed E-state index contributed by atoms with van der Waals surface area (Å²) in [6.45, 7) is 8.41. The van der Waals surface area contributed by atoms with Crippen LogP contribution in [0.15, 0.2) is 0 Å². The maximum absolute atomic E-state index is 6.12. The highest BCUT2D eigenvalue weighted by Gasteiger charge is 2.19. The van der Waals surface area contributed by atoms with E-state index in [0.29, 0.717) is 0 Å². The fourth-order valence-electron chi connectivity index (χ4n) is 4.15. The van der Waals surface area contributed by atoms with Gasteiger partial charge in [-0.25, -0.2) is 0 Å². The molecule has 0 saturated carbocycles. The maximum atomic E-state index is 6.12. The van der Waals surface area contributed by atoms with E-state index in [2.05, 4.69) is 20.9 Å². The van der Waals surface area contributed by atoms with E-state index in [1.54, 1.807) is 0 Å². The molecular formula is C25H53Cl2N. The zero-order chi connectivity index (χ0) is 20.1. The van der Waals surface area contributed by atoms with Gasteiger partial charge in [0.1, 0.15) is 0 Å². The molecule has 0 atom stereocenters. The summed E-state index contributed by atoms with van der Waals surface area (Å²) >= 11 is 6.12. The van der Waals surface area contributed by atoms with Crippen molar-refractivity contribution >= 4 is 11.6 Å². The Kier molecular flexibility index (Phi) is 26.1. The molecule has 0 aliphatic rings. The number of quaternary nitrogens is 1. The zero-order valence-corrected chi connectivity index (χ0v) is 21.3. The van der Waals surface area contributed by atoms with Crippen LogP contribution in [0, 0.1) is 0 Å². The highest BCUT2D eigenvalue weighted by molar-refractivity contribution is 6.17. The Bertz CT molecular complexity index is 262. The van der Waals surface area contributed by atoms with E-state index < -0.39 is 0 Å². The van der Waals surface area contributed by atoms with Crippen molar-refractivity contribution in [3.05, 3.63) is 0 Å². The van der Waals surface area contributed by atoms with Gasteiger partial charge in [0.25, 0.3) is 0 Å². The molecule has 0 aromatic rings. The van der Waals surface area contributed by atoms with Crippen molar-refractivity contribution in [1.82, 2.24) is 0 Å². The minimum atomic E-state index is 0. The van der Waals surface area contributed by atoms with Crippen LogP contribution in [-0.2, 0) is 0 Å². The zero-order valence-electron chi connectivity index (χ0n) is 19.8. The van der Waals surface area contributed by atoms with E-state index in [0.717, 1.165) is 12.4 Å². The van der Waals surface area contributed by atoms with Gasteiger partial charge in [-0.15, -0.1) is 11.6 Å². The molecule has 0 aliphatic heterocycles. The van der Waals surface area contributed by atoms with Gasteiger partial charge in [0.15, 0.2) is 0 Å². The molecule has 1 nitrogen and oxygen atoms in total. The summed E-state index contributed by atoms with van der Waals surface area (Å²) in [7, 11) is 2.44. The van der Waals surface area contributed by atoms with E-state index in [-0.39, 0.29) is 12.4 Å². The first-order valence-electron chi connectivity index (χ1n) is 12.6. The topological polar surface area (TPSA) is 0 Å². The smallest absolute Gasteiger partial charge is 0.0922 e. The molecular weight excluding hydrogens is 385 g/mol. The molecule has 0 spiro atoms. The first-order chi connectivity index (χ1) is 13.2. The van der Waals surface area contributed by atoms with Crippen LogP contribution in [0.2, 0.25) is 0 Å². The summed E-state index contributed by atoms with van der Waals surface area (Å²) in [6.07, 6.45) is 25.6. The van der Waals surface area contributed by atoms with Crippen LogP contribution in [0.25, 0.3) is 0 Å². The number of rotatable bonds is 22. The van der Waals surface area contributed by atoms with Crippen molar-refractivity contribution in [1.29, 1.82) is 0 Å². The number of halogens is 2. The van der Waals surface area contributed by atoms with E-state index in [9.17, 15) is 0 Å². The molecule has 0 heterocycles. The van der Waals surface area contributed by atoms with E-state index in [1.165, 1.54) is 133 Å². The van der Waals surface area contributed by atoms with Gasteiger partial charge in [-0.1, -0.05) is 104 Å². The largest absolute Gasteiger partial charge is 1.00 e. The molecule has 0 saturated heterocycles. The van der Waals surface area contributed by atoms with Crippen molar-refractivity contribution in [2.45, 2.75) is 129 Å². The van der Waals surface area contributed by atoms with Gasteiger partial charge >= 0.3 is 0 Å². The fourth-order valence-corrected chi connectivity index (χ4v) is 4.56. The summed E-state index contributed by atoms with van der Waals surface area (Å²) in [6, 6.07) is 0. The first-order valence-corrected chi connectivity index (χ1v) is 13.1. The average Bonchev–Trinajstić information content (AvgIpc) is 2.66. The van der Waals surface area contributed by atoms with Gasteiger partial charge in [-0.2, -0.15) is 0 Å². The molecule has 0 aliphatic carbocycles. The predicted octanol–water partition coefficient (Wildman–Crippen LogP) is 5.74. The molecule has 0 amide bonds. The Morgan fingerprint density at radius 2 is 0.750 bits per heavy atom. The van der Waals surface area contributed by atoms with Crippen LogP contribution in [0.1, 0.15) is 129 Å². The quantitative estimate of drug-likeness (QED) is 0.115. The first kappa shape index (κ1) is 30.7. The predicted molar refractivity (Wildman–Crippen MR) is 126 cm³/mol. The second kappa shape index (κ2) is 23.8. The molecule has 0 aromatic carbocycles. The van der Waals surface area contributed by atoms with Crippen molar-refractivity contribution in [2.75, 3.05) is 32.6 Å². The summed E-state index contributed by atoms with van der Waals surface area (Å²) in [4.78, 5) is 0. The third kappa shape index (κ3) is 21.3. The van der Waals surface area contributed by atoms with Crippen LogP contribution in [0.3, 0.4) is 0 Å². The number of nitrogens with zero attached hydrogens (tertiary/aromatic N) is 1. The molecule has 0 fully saturated rings. The second-order valence-corrected chi connectivity index (χ2v) is 9.51. The van der Waals surface area contributed by atoms with Crippen molar-refractivity contribution < 1.29 is 16.9 Å². The standard InChI is InChI=1S/C25H53ClN.ClH/c1-4-6-8-10-12-14-16-18-20-23-27(3,25-22-26)24-21-19-17-15-13-11-9-7-5-2;/h4-25H2,1-3H3;1H/q+1;/p-1. The van der Waals surface area contributed by atoms with Crippen molar-refractivity contribution in [3.8, 4) is 0 Å². The van der Waals surface area contributed by atoms with Gasteiger partial charge in [-0.05, 0) is 25.7 Å². The molecule has 3 heteroatoms. The van der Waals surface area contributed by atoms with E-state index in [1.807, 2.05) is 0 Å². The minimum Gasteiger partial charge on any atom is -1.00 e. The summed E-state index contributed by atoms with van der Waals surface area (Å²) < 4.78 is 1.20. The maximum Gasteiger partial charge on any atom is 0.0922 e. The summed E-state index contributed by atoms with van der Waals surface area (Å²) in [5, 5.41) is 0. The van der Waals surface area contributed by atoms with Crippen LogP contribution in [-0.4, -0.2) is 37.0 Å². The lowest BCUT2D eigenvalue weighted by Crippen LogP contribution is -3.00. The van der Waals surface area contributed by atoms with Gasteiger partial charge in [0, 0.05) is 0 Å². The van der Waals surface area contributed by atoms with Gasteiger partial charge in [0.05, 0.1) is 32.6 Å². The SMILES string of the molecule is CCCCCCCCCCC[N+](C)(CCCl)CCCCCCCCCCC.[Cl-]. The van der Waals surface area contributed by atoms with Crippen LogP contribution < -0.4 is 12.4 Å². The normalized spacial score (nSPS) is 11.6. The van der Waals surface area contributed by atoms with Crippen molar-refractivity contribution in [2.24, 2.45) is 0 Å². The molecule has 28 heavy (non-hydrogen) atoms. The molecule has 0 radical (unpaired) electrons. The highest BCUT2D eigenvalue weighted by Crippen LogP contribution is 2.15. The van der Waals surface area contributed by atoms with Crippen LogP contribution in [0.4, 0.5) is 0 Å². The average molecular weight is 439 g/mol. The Morgan fingerprint density at radius 3 is 1.04 bits per heavy atom. The summed E-state index contributed by atoms with van der Waals surface area (Å²) in [5.41, 5.74) is 0. The lowest BCUT2D eigenvalue weighted by atomic mass is 10.1. The number of alkyl halides is 1. The molecule has 0 bridgehead atoms. The van der Waals surface area contributed by atoms with Gasteiger partial charge in [-0.3, -0.25) is 0 Å². The number of hydrogen-bond acceptors (Lipinski definition) is 0. The molecule has 0 rings (SSSR count). The Morgan fingerprint density at radius 1 is 0.464 bits per heavy atom. The monoisotopic (exact) mass is 437 g/mol. The third-order valence-corrected chi connectivity index (χ3v) is 6.40. The van der Waals surface area contributed by atoms with Crippen LogP contribution in [0.5, 0.6) is 0 Å². The van der Waals surface area contributed by atoms with E-state index >= 15 is 0 Å². The number of hydrogen-bond donors (Lipinski definition) is 0. The Hall–Kier alpha value is 0.540. The Labute approximate surface area is 190 Å². The third-order valence-electron chi connectivity index (χ3n) is 6.23. The van der Waals surface area contributed by atoms with Gasteiger partial charge in [0.2, 0.25) is 0 Å². The molecule has 0 aromatic heterocycles. The summed E-state index contributed by atoms with van der Waals surface area (Å²) in [5.74, 6) is 0.811. The van der Waals surface area contributed by atoms with Crippen molar-refractivity contribution in [3.63, 3.8) is 0 Å². The van der Waals surface area contributed by atoms with Crippen LogP contribution >= 0.6 is 11.6 Å². The van der Waals surface area contributed by atoms with E-state index in [4.69, 9.17) is 11.6 Å². The highest BCUT2D eigenvalue weighted by atomic mass is 35.5. The second-order valence-electron chi connectivity index (χ2n) is 9.14. The van der Waals surface area contributed by atoms with Gasteiger partial charge < -0.3 is 16.9 Å². The minimum absolute atomic E-state index is 0. The molecule has 0 N–H and O–H groups in total. The lowest BCUT2D eigenvalue weighted by Gasteiger charge is -2.34. The molecule has 172 valence electrons.